The summed E-state index contributed by atoms with van der Waals surface area (Å²) in [5.41, 5.74) is 5.15. The largest absolute Gasteiger partial charge is 0.467 e. The Morgan fingerprint density at radius 1 is 1.40 bits per heavy atom. The predicted molar refractivity (Wildman–Crippen MR) is 44.6 cm³/mol. The first-order valence-corrected chi connectivity index (χ1v) is 3.74. The standard InChI is InChI=1S/C7H7F3N4O/c8-7(9,10)3-15-5-2-13-4(1-14-5)6(11)12/h1-2H,3H2,(H3,11,12). The van der Waals surface area contributed by atoms with Crippen LogP contribution < -0.4 is 10.5 Å². The number of ether oxygens (including phenoxy) is 1. The van der Waals surface area contributed by atoms with Crippen LogP contribution in [-0.2, 0) is 0 Å². The van der Waals surface area contributed by atoms with E-state index < -0.39 is 12.8 Å². The Morgan fingerprint density at radius 2 is 2.07 bits per heavy atom. The number of nitrogens with one attached hydrogen (secondary N) is 1. The molecule has 1 rings (SSSR count). The third-order valence-electron chi connectivity index (χ3n) is 1.29. The van der Waals surface area contributed by atoms with Gasteiger partial charge in [-0.05, 0) is 0 Å². The summed E-state index contributed by atoms with van der Waals surface area (Å²) in [7, 11) is 0. The molecule has 1 aromatic rings. The summed E-state index contributed by atoms with van der Waals surface area (Å²) in [6.45, 7) is -1.43. The number of alkyl halides is 3. The number of nitrogen functional groups attached to an aromatic ring is 1. The Balaban J connectivity index is 2.61. The summed E-state index contributed by atoms with van der Waals surface area (Å²) in [4.78, 5) is 7.07. The highest BCUT2D eigenvalue weighted by Crippen LogP contribution is 2.16. The van der Waals surface area contributed by atoms with Crippen LogP contribution in [0.4, 0.5) is 13.2 Å². The van der Waals surface area contributed by atoms with Gasteiger partial charge in [0, 0.05) is 0 Å². The zero-order chi connectivity index (χ0) is 11.5. The zero-order valence-electron chi connectivity index (χ0n) is 7.38. The Morgan fingerprint density at radius 3 is 2.47 bits per heavy atom. The molecule has 0 saturated heterocycles. The number of aromatic nitrogens is 2. The molecule has 0 bridgehead atoms. The molecule has 1 aromatic heterocycles. The first-order chi connectivity index (χ1) is 6.88. The van der Waals surface area contributed by atoms with Gasteiger partial charge in [0.1, 0.15) is 11.5 Å². The molecule has 0 aliphatic rings. The molecule has 0 aromatic carbocycles. The lowest BCUT2D eigenvalue weighted by Crippen LogP contribution is -2.20. The number of amidine groups is 1. The number of rotatable bonds is 3. The van der Waals surface area contributed by atoms with Gasteiger partial charge in [-0.1, -0.05) is 0 Å². The highest BCUT2D eigenvalue weighted by Gasteiger charge is 2.28. The molecule has 3 N–H and O–H groups in total. The van der Waals surface area contributed by atoms with Gasteiger partial charge in [0.25, 0.3) is 0 Å². The van der Waals surface area contributed by atoms with Crippen LogP contribution >= 0.6 is 0 Å². The van der Waals surface area contributed by atoms with E-state index >= 15 is 0 Å². The number of nitrogens with two attached hydrogens (primary N) is 1. The molecule has 0 fully saturated rings. The molecule has 8 heteroatoms. The summed E-state index contributed by atoms with van der Waals surface area (Å²) < 4.78 is 39.5. The van der Waals surface area contributed by atoms with Crippen molar-refractivity contribution < 1.29 is 17.9 Å². The Labute approximate surface area is 82.6 Å². The minimum Gasteiger partial charge on any atom is -0.467 e. The van der Waals surface area contributed by atoms with Gasteiger partial charge in [0.15, 0.2) is 6.61 Å². The summed E-state index contributed by atoms with van der Waals surface area (Å²) in [6.07, 6.45) is -2.38. The van der Waals surface area contributed by atoms with E-state index in [-0.39, 0.29) is 17.4 Å². The second-order valence-corrected chi connectivity index (χ2v) is 2.56. The third kappa shape index (κ3) is 3.79. The molecule has 0 spiro atoms. The van der Waals surface area contributed by atoms with Gasteiger partial charge in [-0.3, -0.25) is 5.41 Å². The van der Waals surface area contributed by atoms with Gasteiger partial charge < -0.3 is 10.5 Å². The van der Waals surface area contributed by atoms with Crippen LogP contribution in [-0.4, -0.2) is 28.6 Å². The summed E-state index contributed by atoms with van der Waals surface area (Å²) in [5, 5.41) is 6.96. The van der Waals surface area contributed by atoms with Gasteiger partial charge in [-0.15, -0.1) is 0 Å². The lowest BCUT2D eigenvalue weighted by molar-refractivity contribution is -0.154. The molecule has 0 radical (unpaired) electrons. The van der Waals surface area contributed by atoms with Crippen molar-refractivity contribution in [3.8, 4) is 5.88 Å². The molecular formula is C7H7F3N4O. The molecule has 0 aliphatic heterocycles. The maximum atomic E-state index is 11.7. The molecule has 0 saturated carbocycles. The van der Waals surface area contributed by atoms with E-state index in [0.29, 0.717) is 0 Å². The molecule has 5 nitrogen and oxygen atoms in total. The van der Waals surface area contributed by atoms with E-state index in [1.54, 1.807) is 0 Å². The van der Waals surface area contributed by atoms with Crippen molar-refractivity contribution in [2.75, 3.05) is 6.61 Å². The maximum absolute atomic E-state index is 11.7. The summed E-state index contributed by atoms with van der Waals surface area (Å²) in [6, 6.07) is 0. The van der Waals surface area contributed by atoms with Crippen LogP contribution in [0.15, 0.2) is 12.4 Å². The van der Waals surface area contributed by atoms with Crippen LogP contribution in [0.1, 0.15) is 5.69 Å². The number of hydrogen-bond donors (Lipinski definition) is 2. The van der Waals surface area contributed by atoms with Gasteiger partial charge in [-0.2, -0.15) is 13.2 Å². The van der Waals surface area contributed by atoms with E-state index in [1.807, 2.05) is 0 Å². The van der Waals surface area contributed by atoms with Crippen LogP contribution in [0.25, 0.3) is 0 Å². The summed E-state index contributed by atoms with van der Waals surface area (Å²) in [5.74, 6) is -0.581. The third-order valence-corrected chi connectivity index (χ3v) is 1.29. The quantitative estimate of drug-likeness (QED) is 0.580. The van der Waals surface area contributed by atoms with E-state index in [2.05, 4.69) is 14.7 Å². The monoisotopic (exact) mass is 220 g/mol. The smallest absolute Gasteiger partial charge is 0.422 e. The fraction of sp³-hybridized carbons (Fsp3) is 0.286. The van der Waals surface area contributed by atoms with E-state index in [9.17, 15) is 13.2 Å². The van der Waals surface area contributed by atoms with E-state index in [4.69, 9.17) is 11.1 Å². The first-order valence-electron chi connectivity index (χ1n) is 3.74. The Hall–Kier alpha value is -1.86. The van der Waals surface area contributed by atoms with Crippen molar-refractivity contribution in [3.63, 3.8) is 0 Å². The van der Waals surface area contributed by atoms with Gasteiger partial charge in [0.05, 0.1) is 12.4 Å². The molecule has 82 valence electrons. The van der Waals surface area contributed by atoms with Crippen molar-refractivity contribution in [1.29, 1.82) is 5.41 Å². The second-order valence-electron chi connectivity index (χ2n) is 2.56. The van der Waals surface area contributed by atoms with Gasteiger partial charge >= 0.3 is 6.18 Å². The van der Waals surface area contributed by atoms with Crippen molar-refractivity contribution in [2.24, 2.45) is 5.73 Å². The SMILES string of the molecule is N=C(N)c1cnc(OCC(F)(F)F)cn1. The van der Waals surface area contributed by atoms with Gasteiger partial charge in [-0.25, -0.2) is 9.97 Å². The highest BCUT2D eigenvalue weighted by molar-refractivity contribution is 5.92. The molecule has 0 amide bonds. The fourth-order valence-electron chi connectivity index (χ4n) is 0.686. The normalized spacial score (nSPS) is 11.1. The minimum absolute atomic E-state index is 0.0781. The molecule has 1 heterocycles. The lowest BCUT2D eigenvalue weighted by atomic mass is 10.4. The molecule has 15 heavy (non-hydrogen) atoms. The van der Waals surface area contributed by atoms with Crippen molar-refractivity contribution in [1.82, 2.24) is 9.97 Å². The van der Waals surface area contributed by atoms with Crippen molar-refractivity contribution in [2.45, 2.75) is 6.18 Å². The molecule has 0 aliphatic carbocycles. The highest BCUT2D eigenvalue weighted by atomic mass is 19.4. The summed E-state index contributed by atoms with van der Waals surface area (Å²) >= 11 is 0. The Kier molecular flexibility index (Phi) is 3.08. The van der Waals surface area contributed by atoms with Crippen molar-refractivity contribution >= 4 is 5.84 Å². The van der Waals surface area contributed by atoms with Crippen molar-refractivity contribution in [3.05, 3.63) is 18.1 Å². The average molecular weight is 220 g/mol. The predicted octanol–water partition coefficient (Wildman–Crippen LogP) is 0.702. The zero-order valence-corrected chi connectivity index (χ0v) is 7.38. The number of hydrogen-bond acceptors (Lipinski definition) is 4. The van der Waals surface area contributed by atoms with Crippen LogP contribution in [0.2, 0.25) is 0 Å². The second kappa shape index (κ2) is 4.11. The van der Waals surface area contributed by atoms with Gasteiger partial charge in [0.2, 0.25) is 5.88 Å². The molecule has 0 unspecified atom stereocenters. The number of nitrogens with zero attached hydrogens (tertiary/aromatic N) is 2. The molecule has 0 atom stereocenters. The van der Waals surface area contributed by atoms with Crippen LogP contribution in [0.5, 0.6) is 5.88 Å². The van der Waals surface area contributed by atoms with E-state index in [1.165, 1.54) is 0 Å². The average Bonchev–Trinajstić information content (AvgIpc) is 2.14. The minimum atomic E-state index is -4.42. The topological polar surface area (TPSA) is 84.9 Å². The maximum Gasteiger partial charge on any atom is 0.422 e. The van der Waals surface area contributed by atoms with Crippen LogP contribution in [0, 0.1) is 5.41 Å². The lowest BCUT2D eigenvalue weighted by Gasteiger charge is -2.07. The van der Waals surface area contributed by atoms with Crippen LogP contribution in [0.3, 0.4) is 0 Å². The Bertz CT molecular complexity index is 348. The number of halogens is 3. The van der Waals surface area contributed by atoms with E-state index in [0.717, 1.165) is 12.4 Å². The first kappa shape index (κ1) is 11.2. The molecular weight excluding hydrogens is 213 g/mol. The fourth-order valence-corrected chi connectivity index (χ4v) is 0.686.